The van der Waals surface area contributed by atoms with E-state index in [1.807, 2.05) is 20.0 Å². The fourth-order valence-electron chi connectivity index (χ4n) is 1.84. The SMILES string of the molecule is CCOCCN(C)c1ccc(CC(N)CC)c(Cl)c1. The second kappa shape index (κ2) is 8.41. The maximum atomic E-state index is 6.32. The van der Waals surface area contributed by atoms with Crippen molar-refractivity contribution in [2.75, 3.05) is 31.7 Å². The summed E-state index contributed by atoms with van der Waals surface area (Å²) in [5.41, 5.74) is 8.20. The number of nitrogens with zero attached hydrogens (tertiary/aromatic N) is 1. The third-order valence-electron chi connectivity index (χ3n) is 3.26. The molecule has 0 heterocycles. The number of benzene rings is 1. The molecule has 0 fully saturated rings. The zero-order chi connectivity index (χ0) is 14.3. The van der Waals surface area contributed by atoms with Crippen molar-refractivity contribution in [2.45, 2.75) is 32.7 Å². The van der Waals surface area contributed by atoms with Gasteiger partial charge in [-0.1, -0.05) is 24.6 Å². The molecule has 0 amide bonds. The molecule has 0 saturated carbocycles. The van der Waals surface area contributed by atoms with Crippen LogP contribution in [0.1, 0.15) is 25.8 Å². The minimum absolute atomic E-state index is 0.180. The van der Waals surface area contributed by atoms with E-state index in [9.17, 15) is 0 Å². The highest BCUT2D eigenvalue weighted by molar-refractivity contribution is 6.31. The molecule has 4 heteroatoms. The second-order valence-electron chi connectivity index (χ2n) is 4.77. The first-order chi connectivity index (χ1) is 9.08. The molecule has 3 nitrogen and oxygen atoms in total. The molecule has 0 aliphatic rings. The lowest BCUT2D eigenvalue weighted by atomic mass is 10.0. The third-order valence-corrected chi connectivity index (χ3v) is 3.61. The van der Waals surface area contributed by atoms with Gasteiger partial charge in [0.2, 0.25) is 0 Å². The van der Waals surface area contributed by atoms with Gasteiger partial charge in [-0.2, -0.15) is 0 Å². The Morgan fingerprint density at radius 2 is 2.11 bits per heavy atom. The summed E-state index contributed by atoms with van der Waals surface area (Å²) in [6.45, 7) is 6.44. The lowest BCUT2D eigenvalue weighted by Gasteiger charge is -2.20. The van der Waals surface area contributed by atoms with Gasteiger partial charge in [0, 0.05) is 37.0 Å². The number of hydrogen-bond donors (Lipinski definition) is 1. The summed E-state index contributed by atoms with van der Waals surface area (Å²) in [6.07, 6.45) is 1.80. The molecule has 2 N–H and O–H groups in total. The van der Waals surface area contributed by atoms with Crippen LogP contribution in [0.25, 0.3) is 0 Å². The Hall–Kier alpha value is -0.770. The van der Waals surface area contributed by atoms with Crippen molar-refractivity contribution < 1.29 is 4.74 Å². The van der Waals surface area contributed by atoms with Crippen molar-refractivity contribution in [1.82, 2.24) is 0 Å². The van der Waals surface area contributed by atoms with E-state index in [1.54, 1.807) is 0 Å². The topological polar surface area (TPSA) is 38.5 Å². The minimum Gasteiger partial charge on any atom is -0.380 e. The van der Waals surface area contributed by atoms with Crippen molar-refractivity contribution in [3.05, 3.63) is 28.8 Å². The molecular weight excluding hydrogens is 260 g/mol. The fraction of sp³-hybridized carbons (Fsp3) is 0.600. The van der Waals surface area contributed by atoms with Crippen LogP contribution < -0.4 is 10.6 Å². The highest BCUT2D eigenvalue weighted by Gasteiger charge is 2.08. The Bertz CT molecular complexity index is 384. The van der Waals surface area contributed by atoms with Crippen LogP contribution in [0.15, 0.2) is 18.2 Å². The van der Waals surface area contributed by atoms with Gasteiger partial charge in [0.25, 0.3) is 0 Å². The first-order valence-corrected chi connectivity index (χ1v) is 7.29. The van der Waals surface area contributed by atoms with Crippen LogP contribution in [0, 0.1) is 0 Å². The van der Waals surface area contributed by atoms with Crippen molar-refractivity contribution in [2.24, 2.45) is 5.73 Å². The van der Waals surface area contributed by atoms with Crippen molar-refractivity contribution in [3.63, 3.8) is 0 Å². The Morgan fingerprint density at radius 1 is 1.37 bits per heavy atom. The summed E-state index contributed by atoms with van der Waals surface area (Å²) in [4.78, 5) is 2.14. The van der Waals surface area contributed by atoms with Crippen LogP contribution in [-0.4, -0.2) is 32.8 Å². The Morgan fingerprint density at radius 3 is 2.68 bits per heavy atom. The number of halogens is 1. The van der Waals surface area contributed by atoms with Gasteiger partial charge in [0.05, 0.1) is 6.61 Å². The van der Waals surface area contributed by atoms with E-state index in [-0.39, 0.29) is 6.04 Å². The Labute approximate surface area is 121 Å². The predicted molar refractivity (Wildman–Crippen MR) is 83.2 cm³/mol. The average Bonchev–Trinajstić information content (AvgIpc) is 2.41. The quantitative estimate of drug-likeness (QED) is 0.746. The monoisotopic (exact) mass is 284 g/mol. The number of anilines is 1. The summed E-state index contributed by atoms with van der Waals surface area (Å²) in [6, 6.07) is 6.35. The third kappa shape index (κ3) is 5.39. The van der Waals surface area contributed by atoms with Gasteiger partial charge in [-0.25, -0.2) is 0 Å². The molecule has 0 aliphatic carbocycles. The van der Waals surface area contributed by atoms with Gasteiger partial charge < -0.3 is 15.4 Å². The van der Waals surface area contributed by atoms with E-state index in [0.29, 0.717) is 0 Å². The predicted octanol–water partition coefficient (Wildman–Crippen LogP) is 3.09. The number of nitrogens with two attached hydrogens (primary N) is 1. The summed E-state index contributed by atoms with van der Waals surface area (Å²) in [5, 5.41) is 0.796. The van der Waals surface area contributed by atoms with Crippen molar-refractivity contribution >= 4 is 17.3 Å². The number of hydrogen-bond acceptors (Lipinski definition) is 3. The second-order valence-corrected chi connectivity index (χ2v) is 5.17. The zero-order valence-electron chi connectivity index (χ0n) is 12.2. The Kier molecular flexibility index (Phi) is 7.21. The minimum atomic E-state index is 0.180. The lowest BCUT2D eigenvalue weighted by Crippen LogP contribution is -2.23. The molecular formula is C15H25ClN2O. The largest absolute Gasteiger partial charge is 0.380 e. The number of ether oxygens (including phenoxy) is 1. The van der Waals surface area contributed by atoms with E-state index < -0.39 is 0 Å². The smallest absolute Gasteiger partial charge is 0.0641 e. The summed E-state index contributed by atoms with van der Waals surface area (Å²) >= 11 is 6.32. The highest BCUT2D eigenvalue weighted by Crippen LogP contribution is 2.24. The van der Waals surface area contributed by atoms with Crippen molar-refractivity contribution in [1.29, 1.82) is 0 Å². The fourth-order valence-corrected chi connectivity index (χ4v) is 2.09. The maximum absolute atomic E-state index is 6.32. The molecule has 0 saturated heterocycles. The molecule has 0 bridgehead atoms. The van der Waals surface area contributed by atoms with Crippen LogP contribution in [0.5, 0.6) is 0 Å². The zero-order valence-corrected chi connectivity index (χ0v) is 12.9. The maximum Gasteiger partial charge on any atom is 0.0641 e. The van der Waals surface area contributed by atoms with Gasteiger partial charge in [-0.15, -0.1) is 0 Å². The normalized spacial score (nSPS) is 12.5. The summed E-state index contributed by atoms with van der Waals surface area (Å²) in [7, 11) is 2.04. The molecule has 0 radical (unpaired) electrons. The molecule has 1 aromatic rings. The molecule has 19 heavy (non-hydrogen) atoms. The number of likely N-dealkylation sites (N-methyl/N-ethyl adjacent to an activating group) is 1. The average molecular weight is 285 g/mol. The van der Waals surface area contributed by atoms with E-state index >= 15 is 0 Å². The standard InChI is InChI=1S/C15H25ClN2O/c1-4-13(17)10-12-6-7-14(11-15(12)16)18(3)8-9-19-5-2/h6-7,11,13H,4-5,8-10,17H2,1-3H3. The van der Waals surface area contributed by atoms with Crippen LogP contribution in [0.2, 0.25) is 5.02 Å². The van der Waals surface area contributed by atoms with Gasteiger partial charge in [0.1, 0.15) is 0 Å². The molecule has 0 spiro atoms. The van der Waals surface area contributed by atoms with Crippen LogP contribution in [0.4, 0.5) is 5.69 Å². The number of rotatable bonds is 8. The van der Waals surface area contributed by atoms with E-state index in [2.05, 4.69) is 24.0 Å². The van der Waals surface area contributed by atoms with Crippen LogP contribution in [0.3, 0.4) is 0 Å². The molecule has 0 aliphatic heterocycles. The summed E-state index contributed by atoms with van der Waals surface area (Å²) < 4.78 is 5.36. The van der Waals surface area contributed by atoms with E-state index in [0.717, 1.165) is 48.9 Å². The van der Waals surface area contributed by atoms with Gasteiger partial charge in [0.15, 0.2) is 0 Å². The molecule has 0 aromatic heterocycles. The van der Waals surface area contributed by atoms with Crippen LogP contribution >= 0.6 is 11.6 Å². The molecule has 1 aromatic carbocycles. The lowest BCUT2D eigenvalue weighted by molar-refractivity contribution is 0.154. The van der Waals surface area contributed by atoms with E-state index in [4.69, 9.17) is 22.1 Å². The van der Waals surface area contributed by atoms with Gasteiger partial charge in [-0.05, 0) is 37.5 Å². The first kappa shape index (κ1) is 16.3. The van der Waals surface area contributed by atoms with E-state index in [1.165, 1.54) is 0 Å². The van der Waals surface area contributed by atoms with Crippen LogP contribution in [-0.2, 0) is 11.2 Å². The van der Waals surface area contributed by atoms with Crippen molar-refractivity contribution in [3.8, 4) is 0 Å². The molecule has 1 unspecified atom stereocenters. The summed E-state index contributed by atoms with van der Waals surface area (Å²) in [5.74, 6) is 0. The molecule has 1 rings (SSSR count). The first-order valence-electron chi connectivity index (χ1n) is 6.91. The molecule has 108 valence electrons. The molecule has 1 atom stereocenters. The Balaban J connectivity index is 2.65. The van der Waals surface area contributed by atoms with Gasteiger partial charge in [-0.3, -0.25) is 0 Å². The van der Waals surface area contributed by atoms with Gasteiger partial charge >= 0.3 is 0 Å². The highest BCUT2D eigenvalue weighted by atomic mass is 35.5.